The van der Waals surface area contributed by atoms with Gasteiger partial charge in [-0.2, -0.15) is 0 Å². The maximum atomic E-state index is 13.2. The molecule has 1 N–H and O–H groups in total. The fourth-order valence-electron chi connectivity index (χ4n) is 4.35. The van der Waals surface area contributed by atoms with Gasteiger partial charge in [0, 0.05) is 37.8 Å². The van der Waals surface area contributed by atoms with Crippen molar-refractivity contribution in [1.29, 1.82) is 0 Å². The van der Waals surface area contributed by atoms with Gasteiger partial charge in [0.1, 0.15) is 15.6 Å². The molecule has 1 aliphatic carbocycles. The minimum absolute atomic E-state index is 0.00419. The lowest BCUT2D eigenvalue weighted by Gasteiger charge is -2.35. The monoisotopic (exact) mass is 456 g/mol. The van der Waals surface area contributed by atoms with Gasteiger partial charge in [-0.05, 0) is 51.0 Å². The fourth-order valence-corrected chi connectivity index (χ4v) is 5.39. The Kier molecular flexibility index (Phi) is 7.29. The lowest BCUT2D eigenvalue weighted by molar-refractivity contribution is 0.0666. The number of nitrogens with zero attached hydrogens (tertiary/aromatic N) is 3. The zero-order valence-corrected chi connectivity index (χ0v) is 19.7. The van der Waals surface area contributed by atoms with E-state index in [9.17, 15) is 9.59 Å². The summed E-state index contributed by atoms with van der Waals surface area (Å²) in [7, 11) is 0. The molecule has 4 rings (SSSR count). The predicted molar refractivity (Wildman–Crippen MR) is 126 cm³/mol. The van der Waals surface area contributed by atoms with Gasteiger partial charge < -0.3 is 19.9 Å². The van der Waals surface area contributed by atoms with Gasteiger partial charge in [-0.15, -0.1) is 11.3 Å². The summed E-state index contributed by atoms with van der Waals surface area (Å²) in [6.45, 7) is 6.69. The van der Waals surface area contributed by atoms with Crippen LogP contribution in [0.25, 0.3) is 10.6 Å². The van der Waals surface area contributed by atoms with Crippen molar-refractivity contribution in [1.82, 2.24) is 20.1 Å². The Labute approximate surface area is 193 Å². The van der Waals surface area contributed by atoms with Crippen LogP contribution in [0.3, 0.4) is 0 Å². The first kappa shape index (κ1) is 22.6. The molecule has 0 unspecified atom stereocenters. The SMILES string of the molecule is CCOc1ccc(-c2nc(C)c(C(=O)N3CCN(C(=O)NC4CCCCC4)CC3)s2)cc1. The topological polar surface area (TPSA) is 74.8 Å². The molecule has 1 saturated heterocycles. The quantitative estimate of drug-likeness (QED) is 0.727. The number of piperazine rings is 1. The van der Waals surface area contributed by atoms with E-state index in [0.29, 0.717) is 43.7 Å². The van der Waals surface area contributed by atoms with E-state index < -0.39 is 0 Å². The smallest absolute Gasteiger partial charge is 0.317 e. The molecule has 8 heteroatoms. The molecular formula is C24H32N4O3S. The van der Waals surface area contributed by atoms with Crippen molar-refractivity contribution < 1.29 is 14.3 Å². The van der Waals surface area contributed by atoms with Crippen LogP contribution < -0.4 is 10.1 Å². The summed E-state index contributed by atoms with van der Waals surface area (Å²) in [6, 6.07) is 8.11. The van der Waals surface area contributed by atoms with Gasteiger partial charge in [0.15, 0.2) is 0 Å². The summed E-state index contributed by atoms with van der Waals surface area (Å²) < 4.78 is 5.50. The lowest BCUT2D eigenvalue weighted by atomic mass is 9.96. The molecule has 0 atom stereocenters. The molecule has 1 aromatic heterocycles. The number of ether oxygens (including phenoxy) is 1. The molecule has 3 amide bonds. The normalized spacial score (nSPS) is 17.3. The number of rotatable bonds is 5. The fraction of sp³-hybridized carbons (Fsp3) is 0.542. The molecule has 0 radical (unpaired) electrons. The van der Waals surface area contributed by atoms with Gasteiger partial charge in [0.2, 0.25) is 0 Å². The number of nitrogens with one attached hydrogen (secondary N) is 1. The van der Waals surface area contributed by atoms with Crippen LogP contribution >= 0.6 is 11.3 Å². The van der Waals surface area contributed by atoms with Crippen molar-refractivity contribution in [3.05, 3.63) is 34.8 Å². The minimum atomic E-state index is 0.00419. The van der Waals surface area contributed by atoms with Crippen LogP contribution in [0.15, 0.2) is 24.3 Å². The summed E-state index contributed by atoms with van der Waals surface area (Å²) in [6.07, 6.45) is 5.81. The Morgan fingerprint density at radius 3 is 2.38 bits per heavy atom. The molecule has 1 saturated carbocycles. The molecule has 0 bridgehead atoms. The van der Waals surface area contributed by atoms with E-state index in [4.69, 9.17) is 4.74 Å². The number of thiazole rings is 1. The molecule has 2 fully saturated rings. The molecule has 0 spiro atoms. The second-order valence-electron chi connectivity index (χ2n) is 8.45. The van der Waals surface area contributed by atoms with E-state index in [0.717, 1.165) is 34.9 Å². The van der Waals surface area contributed by atoms with Gasteiger partial charge in [-0.3, -0.25) is 4.79 Å². The van der Waals surface area contributed by atoms with E-state index in [1.165, 1.54) is 30.6 Å². The Bertz CT molecular complexity index is 929. The molecule has 32 heavy (non-hydrogen) atoms. The maximum Gasteiger partial charge on any atom is 0.317 e. The molecule has 7 nitrogen and oxygen atoms in total. The molecule has 172 valence electrons. The van der Waals surface area contributed by atoms with Crippen molar-refractivity contribution in [3.8, 4) is 16.3 Å². The van der Waals surface area contributed by atoms with Gasteiger partial charge in [-0.1, -0.05) is 19.3 Å². The van der Waals surface area contributed by atoms with Crippen molar-refractivity contribution in [2.75, 3.05) is 32.8 Å². The van der Waals surface area contributed by atoms with Gasteiger partial charge in [0.05, 0.1) is 12.3 Å². The van der Waals surface area contributed by atoms with Crippen LogP contribution in [0.5, 0.6) is 5.75 Å². The number of amides is 3. The summed E-state index contributed by atoms with van der Waals surface area (Å²) in [5, 5.41) is 4.01. The maximum absolute atomic E-state index is 13.2. The van der Waals surface area contributed by atoms with Crippen LogP contribution in [-0.2, 0) is 0 Å². The number of carbonyl (C=O) groups excluding carboxylic acids is 2. The average molecular weight is 457 g/mol. The number of carbonyl (C=O) groups is 2. The Morgan fingerprint density at radius 2 is 1.72 bits per heavy atom. The largest absolute Gasteiger partial charge is 0.494 e. The highest BCUT2D eigenvalue weighted by Gasteiger charge is 2.28. The summed E-state index contributed by atoms with van der Waals surface area (Å²) in [5.74, 6) is 0.829. The first-order chi connectivity index (χ1) is 15.5. The highest BCUT2D eigenvalue weighted by Crippen LogP contribution is 2.30. The Balaban J connectivity index is 1.34. The summed E-state index contributed by atoms with van der Waals surface area (Å²) in [4.78, 5) is 34.7. The van der Waals surface area contributed by atoms with E-state index in [2.05, 4.69) is 10.3 Å². The van der Waals surface area contributed by atoms with E-state index in [1.807, 2.05) is 47.9 Å². The first-order valence-electron chi connectivity index (χ1n) is 11.6. The average Bonchev–Trinajstić information content (AvgIpc) is 3.21. The lowest BCUT2D eigenvalue weighted by Crippen LogP contribution is -2.54. The molecule has 2 aromatic rings. The Hall–Kier alpha value is -2.61. The molecule has 1 aromatic carbocycles. The van der Waals surface area contributed by atoms with Crippen LogP contribution in [-0.4, -0.2) is 65.5 Å². The summed E-state index contributed by atoms with van der Waals surface area (Å²) in [5.41, 5.74) is 1.73. The molecule has 1 aliphatic heterocycles. The first-order valence-corrected chi connectivity index (χ1v) is 12.4. The van der Waals surface area contributed by atoms with Crippen LogP contribution in [0.1, 0.15) is 54.4 Å². The molecular weight excluding hydrogens is 424 g/mol. The van der Waals surface area contributed by atoms with E-state index in [1.54, 1.807) is 0 Å². The van der Waals surface area contributed by atoms with Gasteiger partial charge >= 0.3 is 6.03 Å². The zero-order chi connectivity index (χ0) is 22.5. The number of hydrogen-bond acceptors (Lipinski definition) is 5. The van der Waals surface area contributed by atoms with Crippen molar-refractivity contribution in [2.45, 2.75) is 52.0 Å². The van der Waals surface area contributed by atoms with Crippen molar-refractivity contribution in [3.63, 3.8) is 0 Å². The highest BCUT2D eigenvalue weighted by molar-refractivity contribution is 7.17. The van der Waals surface area contributed by atoms with Crippen LogP contribution in [0.2, 0.25) is 0 Å². The van der Waals surface area contributed by atoms with Gasteiger partial charge in [-0.25, -0.2) is 9.78 Å². The third-order valence-electron chi connectivity index (χ3n) is 6.19. The molecule has 2 heterocycles. The van der Waals surface area contributed by atoms with Crippen LogP contribution in [0.4, 0.5) is 4.79 Å². The van der Waals surface area contributed by atoms with Crippen molar-refractivity contribution >= 4 is 23.3 Å². The summed E-state index contributed by atoms with van der Waals surface area (Å²) >= 11 is 1.43. The number of hydrogen-bond donors (Lipinski definition) is 1. The van der Waals surface area contributed by atoms with E-state index in [-0.39, 0.29) is 11.9 Å². The highest BCUT2D eigenvalue weighted by atomic mass is 32.1. The van der Waals surface area contributed by atoms with Crippen LogP contribution in [0, 0.1) is 6.92 Å². The number of urea groups is 1. The number of aromatic nitrogens is 1. The number of benzene rings is 1. The zero-order valence-electron chi connectivity index (χ0n) is 18.9. The van der Waals surface area contributed by atoms with Gasteiger partial charge in [0.25, 0.3) is 5.91 Å². The molecule has 2 aliphatic rings. The second kappa shape index (κ2) is 10.3. The minimum Gasteiger partial charge on any atom is -0.494 e. The number of aryl methyl sites for hydroxylation is 1. The van der Waals surface area contributed by atoms with Crippen molar-refractivity contribution in [2.24, 2.45) is 0 Å². The third-order valence-corrected chi connectivity index (χ3v) is 7.38. The third kappa shape index (κ3) is 5.23. The van der Waals surface area contributed by atoms with E-state index >= 15 is 0 Å². The second-order valence-corrected chi connectivity index (χ2v) is 9.45. The standard InChI is InChI=1S/C24H32N4O3S/c1-3-31-20-11-9-18(10-12-20)22-25-17(2)21(32-22)23(29)27-13-15-28(16-14-27)24(30)26-19-7-5-4-6-8-19/h9-12,19H,3-8,13-16H2,1-2H3,(H,26,30). The predicted octanol–water partition coefficient (Wildman–Crippen LogP) is 4.32. The Morgan fingerprint density at radius 1 is 1.06 bits per heavy atom.